The van der Waals surface area contributed by atoms with E-state index in [1.807, 2.05) is 0 Å². The Morgan fingerprint density at radius 2 is 0.644 bits per heavy atom. The summed E-state index contributed by atoms with van der Waals surface area (Å²) < 4.78 is 5.50. The number of aliphatic hydroxyl groups is 2. The number of esters is 1. The molecular weight excluding hydrogens is 899 g/mol. The molecule has 0 aliphatic heterocycles. The van der Waals surface area contributed by atoms with Crippen molar-refractivity contribution in [2.75, 3.05) is 13.2 Å². The Morgan fingerprint density at radius 1 is 0.370 bits per heavy atom. The van der Waals surface area contributed by atoms with Crippen LogP contribution in [0.3, 0.4) is 0 Å². The van der Waals surface area contributed by atoms with Crippen LogP contribution in [0.4, 0.5) is 0 Å². The van der Waals surface area contributed by atoms with Crippen LogP contribution in [0.25, 0.3) is 0 Å². The van der Waals surface area contributed by atoms with Crippen LogP contribution in [-0.2, 0) is 14.3 Å². The molecule has 0 rings (SSSR count). The van der Waals surface area contributed by atoms with Crippen LogP contribution in [0, 0.1) is 0 Å². The number of ether oxygens (including phenoxy) is 1. The maximum absolute atomic E-state index is 12.5. The van der Waals surface area contributed by atoms with Crippen molar-refractivity contribution in [3.63, 3.8) is 0 Å². The Balaban J connectivity index is 3.38. The van der Waals surface area contributed by atoms with Crippen LogP contribution in [-0.4, -0.2) is 47.4 Å². The van der Waals surface area contributed by atoms with E-state index in [0.29, 0.717) is 25.9 Å². The lowest BCUT2D eigenvalue weighted by Crippen LogP contribution is -2.45. The van der Waals surface area contributed by atoms with Crippen molar-refractivity contribution in [3.05, 3.63) is 12.2 Å². The van der Waals surface area contributed by atoms with Gasteiger partial charge in [0.15, 0.2) is 0 Å². The van der Waals surface area contributed by atoms with Crippen molar-refractivity contribution in [1.82, 2.24) is 5.32 Å². The molecular formula is C67H131NO5. The highest BCUT2D eigenvalue weighted by Crippen LogP contribution is 2.19. The van der Waals surface area contributed by atoms with Gasteiger partial charge in [-0.3, -0.25) is 9.59 Å². The molecule has 434 valence electrons. The van der Waals surface area contributed by atoms with E-state index in [2.05, 4.69) is 31.3 Å². The maximum Gasteiger partial charge on any atom is 0.305 e. The molecule has 0 spiro atoms. The van der Waals surface area contributed by atoms with Crippen LogP contribution in [0.5, 0.6) is 0 Å². The molecule has 0 heterocycles. The third-order valence-corrected chi connectivity index (χ3v) is 15.8. The first-order valence-corrected chi connectivity index (χ1v) is 33.4. The molecule has 0 aliphatic rings. The number of hydrogen-bond acceptors (Lipinski definition) is 5. The van der Waals surface area contributed by atoms with Gasteiger partial charge in [-0.25, -0.2) is 0 Å². The molecule has 0 aromatic heterocycles. The van der Waals surface area contributed by atoms with Crippen LogP contribution in [0.2, 0.25) is 0 Å². The van der Waals surface area contributed by atoms with E-state index in [0.717, 1.165) is 44.9 Å². The number of rotatable bonds is 63. The lowest BCUT2D eigenvalue weighted by atomic mass is 10.0. The van der Waals surface area contributed by atoms with Gasteiger partial charge in [-0.2, -0.15) is 0 Å². The third kappa shape index (κ3) is 59.7. The summed E-state index contributed by atoms with van der Waals surface area (Å²) in [6.45, 7) is 4.98. The van der Waals surface area contributed by atoms with Crippen molar-refractivity contribution in [1.29, 1.82) is 0 Å². The van der Waals surface area contributed by atoms with Crippen molar-refractivity contribution < 1.29 is 24.5 Å². The minimum Gasteiger partial charge on any atom is -0.466 e. The Bertz CT molecular complexity index is 1100. The van der Waals surface area contributed by atoms with Gasteiger partial charge >= 0.3 is 5.97 Å². The molecule has 3 N–H and O–H groups in total. The Kier molecular flexibility index (Phi) is 61.9. The van der Waals surface area contributed by atoms with Crippen molar-refractivity contribution >= 4 is 11.9 Å². The number of hydrogen-bond donors (Lipinski definition) is 3. The van der Waals surface area contributed by atoms with Crippen molar-refractivity contribution in [2.45, 2.75) is 392 Å². The zero-order chi connectivity index (χ0) is 52.9. The summed E-state index contributed by atoms with van der Waals surface area (Å²) >= 11 is 0. The summed E-state index contributed by atoms with van der Waals surface area (Å²) in [5.74, 6) is -0.0267. The van der Waals surface area contributed by atoms with E-state index in [1.54, 1.807) is 0 Å². The van der Waals surface area contributed by atoms with Crippen LogP contribution in [0.15, 0.2) is 12.2 Å². The summed E-state index contributed by atoms with van der Waals surface area (Å²) in [7, 11) is 0. The molecule has 0 radical (unpaired) electrons. The number of allylic oxidation sites excluding steroid dienone is 2. The third-order valence-electron chi connectivity index (χ3n) is 15.8. The maximum atomic E-state index is 12.5. The highest BCUT2D eigenvalue weighted by Gasteiger charge is 2.20. The fourth-order valence-corrected chi connectivity index (χ4v) is 10.7. The number of amides is 1. The molecule has 2 unspecified atom stereocenters. The minimum absolute atomic E-state index is 0.00819. The number of aliphatic hydroxyl groups excluding tert-OH is 2. The summed E-state index contributed by atoms with van der Waals surface area (Å²) in [6, 6.07) is -0.545. The molecule has 0 saturated carbocycles. The van der Waals surface area contributed by atoms with Gasteiger partial charge in [-0.1, -0.05) is 328 Å². The molecule has 2 atom stereocenters. The number of nitrogens with one attached hydrogen (secondary N) is 1. The minimum atomic E-state index is -0.667. The van der Waals surface area contributed by atoms with Crippen molar-refractivity contribution in [2.24, 2.45) is 0 Å². The zero-order valence-corrected chi connectivity index (χ0v) is 49.6. The van der Waals surface area contributed by atoms with E-state index in [1.165, 1.54) is 302 Å². The van der Waals surface area contributed by atoms with E-state index < -0.39 is 12.1 Å². The average Bonchev–Trinajstić information content (AvgIpc) is 3.39. The molecule has 0 saturated heterocycles. The zero-order valence-electron chi connectivity index (χ0n) is 49.6. The van der Waals surface area contributed by atoms with Gasteiger partial charge in [0.25, 0.3) is 0 Å². The van der Waals surface area contributed by atoms with Crippen molar-refractivity contribution in [3.8, 4) is 0 Å². The summed E-state index contributed by atoms with van der Waals surface area (Å²) in [4.78, 5) is 24.6. The molecule has 1 amide bonds. The van der Waals surface area contributed by atoms with Crippen LogP contribution < -0.4 is 5.32 Å². The van der Waals surface area contributed by atoms with E-state index in [4.69, 9.17) is 4.74 Å². The van der Waals surface area contributed by atoms with E-state index in [-0.39, 0.29) is 18.5 Å². The van der Waals surface area contributed by atoms with Gasteiger partial charge in [0, 0.05) is 12.8 Å². The SMILES string of the molecule is CCCCCCCC/C=C\CCCCCCCCCCCC(=O)OCCCCCCCCCCCCCCCCCCCCC(=O)NC(CO)C(O)CCCCCCCCCCCCCCCCCCCCC. The fraction of sp³-hybridized carbons (Fsp3) is 0.940. The van der Waals surface area contributed by atoms with Crippen LogP contribution >= 0.6 is 0 Å². The molecule has 6 heteroatoms. The quantitative estimate of drug-likeness (QED) is 0.0320. The molecule has 0 aromatic carbocycles. The number of unbranched alkanes of at least 4 members (excludes halogenated alkanes) is 50. The monoisotopic (exact) mass is 1030 g/mol. The van der Waals surface area contributed by atoms with Gasteiger partial charge in [0.1, 0.15) is 0 Å². The molecule has 0 bridgehead atoms. The molecule has 6 nitrogen and oxygen atoms in total. The summed E-state index contributed by atoms with van der Waals surface area (Å²) in [5, 5.41) is 23.4. The van der Waals surface area contributed by atoms with Gasteiger partial charge in [0.05, 0.1) is 25.4 Å². The Labute approximate surface area is 457 Å². The van der Waals surface area contributed by atoms with E-state index in [9.17, 15) is 19.8 Å². The largest absolute Gasteiger partial charge is 0.466 e. The first-order valence-electron chi connectivity index (χ1n) is 33.4. The van der Waals surface area contributed by atoms with Crippen LogP contribution in [0.1, 0.15) is 380 Å². The molecule has 0 aliphatic carbocycles. The van der Waals surface area contributed by atoms with Gasteiger partial charge < -0.3 is 20.3 Å². The smallest absolute Gasteiger partial charge is 0.305 e. The average molecular weight is 1030 g/mol. The summed E-state index contributed by atoms with van der Waals surface area (Å²) in [5.41, 5.74) is 0. The first kappa shape index (κ1) is 71.6. The lowest BCUT2D eigenvalue weighted by molar-refractivity contribution is -0.143. The topological polar surface area (TPSA) is 95.9 Å². The number of carbonyl (C=O) groups excluding carboxylic acids is 2. The summed E-state index contributed by atoms with van der Waals surface area (Å²) in [6.07, 6.45) is 76.6. The number of carbonyl (C=O) groups is 2. The standard InChI is InChI=1S/C67H131NO5/c1-3-5-7-9-11-13-15-17-19-21-23-27-31-35-39-43-47-51-55-59-65(70)64(63-69)68-66(71)60-56-52-48-44-40-36-32-28-25-26-30-34-38-42-46-50-54-58-62-73-67(72)61-57-53-49-45-41-37-33-29-24-22-20-18-16-14-12-10-8-6-4-2/h18,20,64-65,69-70H,3-17,19,21-63H2,1-2H3,(H,68,71)/b20-18-. The van der Waals surface area contributed by atoms with E-state index >= 15 is 0 Å². The normalized spacial score (nSPS) is 12.5. The molecule has 0 fully saturated rings. The second-order valence-corrected chi connectivity index (χ2v) is 23.2. The van der Waals surface area contributed by atoms with Gasteiger partial charge in [-0.05, 0) is 51.4 Å². The second-order valence-electron chi connectivity index (χ2n) is 23.2. The Hall–Kier alpha value is -1.40. The predicted molar refractivity (Wildman–Crippen MR) is 320 cm³/mol. The molecule has 73 heavy (non-hydrogen) atoms. The highest BCUT2D eigenvalue weighted by molar-refractivity contribution is 5.76. The molecule has 0 aromatic rings. The lowest BCUT2D eigenvalue weighted by Gasteiger charge is -2.22. The van der Waals surface area contributed by atoms with Gasteiger partial charge in [-0.15, -0.1) is 0 Å². The first-order chi connectivity index (χ1) is 36.0. The highest BCUT2D eigenvalue weighted by atomic mass is 16.5. The Morgan fingerprint density at radius 3 is 0.973 bits per heavy atom. The fourth-order valence-electron chi connectivity index (χ4n) is 10.7. The second kappa shape index (κ2) is 63.1. The van der Waals surface area contributed by atoms with Gasteiger partial charge in [0.2, 0.25) is 5.91 Å². The predicted octanol–water partition coefficient (Wildman–Crippen LogP) is 21.2.